The van der Waals surface area contributed by atoms with Crippen molar-refractivity contribution in [2.24, 2.45) is 0 Å². The van der Waals surface area contributed by atoms with Crippen molar-refractivity contribution in [3.05, 3.63) is 32.6 Å². The summed E-state index contributed by atoms with van der Waals surface area (Å²) >= 11 is 12.7. The molecular weight excluding hydrogens is 341 g/mol. The lowest BCUT2D eigenvalue weighted by molar-refractivity contribution is -0.139. The zero-order valence-corrected chi connectivity index (χ0v) is 12.5. The maximum atomic E-state index is 11.4. The predicted octanol–water partition coefficient (Wildman–Crippen LogP) is 2.78. The lowest BCUT2D eigenvalue weighted by Crippen LogP contribution is -2.17. The number of carbonyl (C=O) groups excluding carboxylic acids is 2. The highest BCUT2D eigenvalue weighted by atomic mass is 35.5. The van der Waals surface area contributed by atoms with Crippen LogP contribution >= 0.6 is 35.0 Å². The first-order valence-corrected chi connectivity index (χ1v) is 7.02. The summed E-state index contributed by atoms with van der Waals surface area (Å²) in [5.41, 5.74) is 0.486. The Hall–Kier alpha value is -1.70. The van der Waals surface area contributed by atoms with Gasteiger partial charge in [0.2, 0.25) is 0 Å². The molecule has 0 atom stereocenters. The molecule has 1 aliphatic rings. The first kappa shape index (κ1) is 15.7. The van der Waals surface area contributed by atoms with E-state index in [1.54, 1.807) is 0 Å². The molecule has 9 heteroatoms. The lowest BCUT2D eigenvalue weighted by Gasteiger charge is -2.09. The summed E-state index contributed by atoms with van der Waals surface area (Å²) in [7, 11) is 0. The monoisotopic (exact) mass is 347 g/mol. The van der Waals surface area contributed by atoms with Crippen molar-refractivity contribution in [1.82, 2.24) is 5.32 Å². The minimum atomic E-state index is -1.16. The largest absolute Gasteiger partial charge is 0.479 e. The summed E-state index contributed by atoms with van der Waals surface area (Å²) in [5.74, 6) is -1.61. The second-order valence-corrected chi connectivity index (χ2v) is 5.68. The third-order valence-electron chi connectivity index (χ3n) is 2.30. The van der Waals surface area contributed by atoms with Gasteiger partial charge >= 0.3 is 5.97 Å². The Bertz CT molecular complexity index is 651. The molecule has 0 saturated carbocycles. The molecule has 2 rings (SSSR count). The van der Waals surface area contributed by atoms with E-state index < -0.39 is 23.7 Å². The zero-order chi connectivity index (χ0) is 15.6. The van der Waals surface area contributed by atoms with E-state index in [9.17, 15) is 14.4 Å². The topological polar surface area (TPSA) is 92.7 Å². The van der Waals surface area contributed by atoms with Crippen LogP contribution in [-0.4, -0.2) is 28.8 Å². The second kappa shape index (κ2) is 6.38. The van der Waals surface area contributed by atoms with Gasteiger partial charge in [-0.1, -0.05) is 23.2 Å². The average Bonchev–Trinajstić information content (AvgIpc) is 2.66. The fourth-order valence-electron chi connectivity index (χ4n) is 1.51. The van der Waals surface area contributed by atoms with E-state index in [0.29, 0.717) is 5.56 Å². The van der Waals surface area contributed by atoms with Gasteiger partial charge in [0.1, 0.15) is 0 Å². The molecular formula is C12H7Cl2NO5S. The molecule has 1 saturated heterocycles. The number of aliphatic carboxylic acids is 1. The number of imide groups is 1. The SMILES string of the molecule is O=C(O)COc1c(Cl)cc(/C=C2\SC(=O)NC2=O)cc1Cl. The van der Waals surface area contributed by atoms with Crippen LogP contribution in [0.2, 0.25) is 10.0 Å². The molecule has 1 aromatic rings. The highest BCUT2D eigenvalue weighted by molar-refractivity contribution is 8.18. The number of hydrogen-bond donors (Lipinski definition) is 2. The number of carbonyl (C=O) groups is 3. The van der Waals surface area contributed by atoms with E-state index in [0.717, 1.165) is 11.8 Å². The Balaban J connectivity index is 2.27. The minimum absolute atomic E-state index is 0.0440. The molecule has 0 aliphatic carbocycles. The number of rotatable bonds is 4. The van der Waals surface area contributed by atoms with Crippen LogP contribution in [0.3, 0.4) is 0 Å². The maximum Gasteiger partial charge on any atom is 0.341 e. The van der Waals surface area contributed by atoms with Gasteiger partial charge in [-0.2, -0.15) is 0 Å². The van der Waals surface area contributed by atoms with Crippen molar-refractivity contribution >= 4 is 58.2 Å². The van der Waals surface area contributed by atoms with Gasteiger partial charge in [0, 0.05) is 0 Å². The normalized spacial score (nSPS) is 16.2. The Morgan fingerprint density at radius 2 is 1.95 bits per heavy atom. The first-order chi connectivity index (χ1) is 9.86. The number of hydrogen-bond acceptors (Lipinski definition) is 5. The van der Waals surface area contributed by atoms with Gasteiger partial charge < -0.3 is 9.84 Å². The summed E-state index contributed by atoms with van der Waals surface area (Å²) < 4.78 is 4.97. The van der Waals surface area contributed by atoms with Gasteiger partial charge in [-0.25, -0.2) is 4.79 Å². The second-order valence-electron chi connectivity index (χ2n) is 3.85. The molecule has 0 spiro atoms. The van der Waals surface area contributed by atoms with Gasteiger partial charge in [-0.15, -0.1) is 0 Å². The molecule has 0 aromatic heterocycles. The van der Waals surface area contributed by atoms with Crippen LogP contribution in [0.5, 0.6) is 5.75 Å². The highest BCUT2D eigenvalue weighted by Crippen LogP contribution is 2.36. The van der Waals surface area contributed by atoms with Crippen molar-refractivity contribution < 1.29 is 24.2 Å². The third kappa shape index (κ3) is 3.90. The van der Waals surface area contributed by atoms with Crippen LogP contribution in [0.15, 0.2) is 17.0 Å². The van der Waals surface area contributed by atoms with E-state index in [1.165, 1.54) is 18.2 Å². The van der Waals surface area contributed by atoms with E-state index in [4.69, 9.17) is 33.0 Å². The number of ether oxygens (including phenoxy) is 1. The molecule has 0 unspecified atom stereocenters. The molecule has 0 radical (unpaired) electrons. The van der Waals surface area contributed by atoms with E-state index in [2.05, 4.69) is 5.32 Å². The molecule has 1 aliphatic heterocycles. The van der Waals surface area contributed by atoms with Crippen molar-refractivity contribution in [2.75, 3.05) is 6.61 Å². The van der Waals surface area contributed by atoms with Crippen LogP contribution in [0.1, 0.15) is 5.56 Å². The summed E-state index contributed by atoms with van der Waals surface area (Å²) in [4.78, 5) is 33.2. The van der Waals surface area contributed by atoms with Crippen LogP contribution in [0.4, 0.5) is 4.79 Å². The molecule has 1 aromatic carbocycles. The van der Waals surface area contributed by atoms with Crippen LogP contribution in [0.25, 0.3) is 6.08 Å². The fraction of sp³-hybridized carbons (Fsp3) is 0.0833. The van der Waals surface area contributed by atoms with Gasteiger partial charge in [-0.3, -0.25) is 14.9 Å². The van der Waals surface area contributed by atoms with Gasteiger partial charge in [0.15, 0.2) is 12.4 Å². The third-order valence-corrected chi connectivity index (χ3v) is 3.67. The van der Waals surface area contributed by atoms with Gasteiger partial charge in [0.25, 0.3) is 11.1 Å². The molecule has 1 heterocycles. The molecule has 110 valence electrons. The predicted molar refractivity (Wildman–Crippen MR) is 78.7 cm³/mol. The number of nitrogens with one attached hydrogen (secondary N) is 1. The number of halogens is 2. The molecule has 2 amide bonds. The van der Waals surface area contributed by atoms with Crippen molar-refractivity contribution in [2.45, 2.75) is 0 Å². The highest BCUT2D eigenvalue weighted by Gasteiger charge is 2.25. The summed E-state index contributed by atoms with van der Waals surface area (Å²) in [6.45, 7) is -0.577. The van der Waals surface area contributed by atoms with E-state index in [-0.39, 0.29) is 20.7 Å². The van der Waals surface area contributed by atoms with E-state index in [1.807, 2.05) is 0 Å². The summed E-state index contributed by atoms with van der Waals surface area (Å²) in [6, 6.07) is 2.91. The fourth-order valence-corrected chi connectivity index (χ4v) is 2.80. The Kier molecular flexibility index (Phi) is 4.76. The van der Waals surface area contributed by atoms with Gasteiger partial charge in [0.05, 0.1) is 15.0 Å². The molecule has 21 heavy (non-hydrogen) atoms. The van der Waals surface area contributed by atoms with Crippen molar-refractivity contribution in [3.8, 4) is 5.75 Å². The number of benzene rings is 1. The van der Waals surface area contributed by atoms with Crippen LogP contribution in [-0.2, 0) is 9.59 Å². The number of thioether (sulfide) groups is 1. The maximum absolute atomic E-state index is 11.4. The molecule has 6 nitrogen and oxygen atoms in total. The Labute approximate surface area is 133 Å². The quantitative estimate of drug-likeness (QED) is 0.813. The summed E-state index contributed by atoms with van der Waals surface area (Å²) in [5, 5.41) is 10.4. The number of carboxylic acids is 1. The van der Waals surface area contributed by atoms with Crippen LogP contribution < -0.4 is 10.1 Å². The zero-order valence-electron chi connectivity index (χ0n) is 10.2. The molecule has 2 N–H and O–H groups in total. The van der Waals surface area contributed by atoms with Crippen molar-refractivity contribution in [1.29, 1.82) is 0 Å². The smallest absolute Gasteiger partial charge is 0.341 e. The Morgan fingerprint density at radius 1 is 1.33 bits per heavy atom. The molecule has 0 bridgehead atoms. The van der Waals surface area contributed by atoms with Crippen LogP contribution in [0, 0.1) is 0 Å². The number of carboxylic acid groups (broad SMARTS) is 1. The lowest BCUT2D eigenvalue weighted by atomic mass is 10.2. The van der Waals surface area contributed by atoms with E-state index >= 15 is 0 Å². The number of amides is 2. The standard InChI is InChI=1S/C12H7Cl2NO5S/c13-6-1-5(3-8-11(18)15-12(19)21-8)2-7(14)10(6)20-4-9(16)17/h1-3H,4H2,(H,16,17)(H,15,18,19)/b8-3-. The summed E-state index contributed by atoms with van der Waals surface area (Å²) in [6.07, 6.45) is 1.45. The van der Waals surface area contributed by atoms with Crippen molar-refractivity contribution in [3.63, 3.8) is 0 Å². The average molecular weight is 348 g/mol. The van der Waals surface area contributed by atoms with Gasteiger partial charge in [-0.05, 0) is 35.5 Å². The molecule has 1 fully saturated rings. The minimum Gasteiger partial charge on any atom is -0.479 e. The first-order valence-electron chi connectivity index (χ1n) is 5.45. The Morgan fingerprint density at radius 3 is 2.43 bits per heavy atom.